The molecule has 4 nitrogen and oxygen atoms in total. The Morgan fingerprint density at radius 1 is 1.38 bits per heavy atom. The summed E-state index contributed by atoms with van der Waals surface area (Å²) >= 11 is 4.91. The van der Waals surface area contributed by atoms with Crippen LogP contribution < -0.4 is 5.73 Å². The Kier molecular flexibility index (Phi) is 5.08. The summed E-state index contributed by atoms with van der Waals surface area (Å²) in [5.41, 5.74) is 6.10. The van der Waals surface area contributed by atoms with Crippen LogP contribution in [0.25, 0.3) is 0 Å². The fourth-order valence-electron chi connectivity index (χ4n) is 1.99. The maximum Gasteiger partial charge on any atom is 0.245 e. The number of hydrogen-bond acceptors (Lipinski definition) is 4. The third-order valence-electron chi connectivity index (χ3n) is 3.33. The number of nitrogens with zero attached hydrogens (tertiary/aromatic N) is 1. The van der Waals surface area contributed by atoms with Gasteiger partial charge in [0.25, 0.3) is 0 Å². The minimum Gasteiger partial charge on any atom is -0.398 e. The number of halogens is 1. The highest BCUT2D eigenvalue weighted by molar-refractivity contribution is 9.10. The average molecular weight is 389 g/mol. The average Bonchev–Trinajstić information content (AvgIpc) is 2.90. The van der Waals surface area contributed by atoms with E-state index in [1.54, 1.807) is 30.5 Å². The Bertz CT molecular complexity index is 715. The highest BCUT2D eigenvalue weighted by Crippen LogP contribution is 2.27. The number of hydrogen-bond donors (Lipinski definition) is 1. The Hall–Kier alpha value is -0.890. The summed E-state index contributed by atoms with van der Waals surface area (Å²) in [5.74, 6) is 0. The van der Waals surface area contributed by atoms with E-state index in [1.807, 2.05) is 24.4 Å². The van der Waals surface area contributed by atoms with Crippen molar-refractivity contribution < 1.29 is 8.42 Å². The van der Waals surface area contributed by atoms with Gasteiger partial charge in [0.05, 0.1) is 5.69 Å². The van der Waals surface area contributed by atoms with Crippen LogP contribution in [0.5, 0.6) is 0 Å². The second kappa shape index (κ2) is 6.48. The predicted molar refractivity (Wildman–Crippen MR) is 91.0 cm³/mol. The first-order chi connectivity index (χ1) is 9.82. The lowest BCUT2D eigenvalue weighted by molar-refractivity contribution is 0.388. The number of likely N-dealkylation sites (N-methyl/N-ethyl adjacent to an activating group) is 1. The Balaban J connectivity index is 2.25. The van der Waals surface area contributed by atoms with Crippen LogP contribution in [-0.2, 0) is 16.4 Å². The number of thiophene rings is 1. The van der Waals surface area contributed by atoms with Crippen LogP contribution >= 0.6 is 27.3 Å². The molecule has 0 spiro atoms. The molecule has 114 valence electrons. The minimum atomic E-state index is -3.60. The molecular weight excluding hydrogens is 372 g/mol. The van der Waals surface area contributed by atoms with Gasteiger partial charge in [0.15, 0.2) is 0 Å². The molecule has 0 aliphatic heterocycles. The molecule has 0 bridgehead atoms. The lowest BCUT2D eigenvalue weighted by Crippen LogP contribution is -2.36. The van der Waals surface area contributed by atoms with E-state index in [0.29, 0.717) is 6.42 Å². The van der Waals surface area contributed by atoms with Crippen molar-refractivity contribution in [2.75, 3.05) is 12.8 Å². The predicted octanol–water partition coefficient (Wildman–Crippen LogP) is 3.34. The van der Waals surface area contributed by atoms with Gasteiger partial charge in [-0.25, -0.2) is 8.42 Å². The molecule has 0 radical (unpaired) electrons. The minimum absolute atomic E-state index is 0.142. The molecule has 0 saturated carbocycles. The maximum absolute atomic E-state index is 12.7. The van der Waals surface area contributed by atoms with Gasteiger partial charge in [-0.05, 0) is 43.0 Å². The number of rotatable bonds is 5. The zero-order chi connectivity index (χ0) is 15.6. The smallest absolute Gasteiger partial charge is 0.245 e. The van der Waals surface area contributed by atoms with Gasteiger partial charge in [-0.1, -0.05) is 22.0 Å². The van der Waals surface area contributed by atoms with Crippen LogP contribution in [0.3, 0.4) is 0 Å². The number of benzene rings is 1. The third-order valence-corrected chi connectivity index (χ3v) is 6.76. The molecule has 0 aliphatic carbocycles. The van der Waals surface area contributed by atoms with Gasteiger partial charge in [-0.15, -0.1) is 11.3 Å². The first-order valence-electron chi connectivity index (χ1n) is 6.38. The molecule has 0 amide bonds. The Labute approximate surface area is 137 Å². The molecule has 1 atom stereocenters. The molecule has 1 aromatic carbocycles. The van der Waals surface area contributed by atoms with Crippen molar-refractivity contribution in [1.82, 2.24) is 4.31 Å². The van der Waals surface area contributed by atoms with Crippen molar-refractivity contribution in [2.45, 2.75) is 24.3 Å². The number of nitrogens with two attached hydrogens (primary N) is 1. The van der Waals surface area contributed by atoms with Crippen molar-refractivity contribution >= 4 is 43.0 Å². The van der Waals surface area contributed by atoms with Gasteiger partial charge >= 0.3 is 0 Å². The zero-order valence-electron chi connectivity index (χ0n) is 11.8. The highest BCUT2D eigenvalue weighted by atomic mass is 79.9. The molecular formula is C14H17BrN2O2S2. The van der Waals surface area contributed by atoms with Gasteiger partial charge in [0.1, 0.15) is 4.90 Å². The summed E-state index contributed by atoms with van der Waals surface area (Å²) in [6.45, 7) is 1.90. The second-order valence-electron chi connectivity index (χ2n) is 4.84. The SMILES string of the molecule is CC(Cc1cccs1)N(C)S(=O)(=O)c1ccc(Br)cc1N. The van der Waals surface area contributed by atoms with Gasteiger partial charge in [0.2, 0.25) is 10.0 Å². The van der Waals surface area contributed by atoms with E-state index < -0.39 is 10.0 Å². The molecule has 1 unspecified atom stereocenters. The second-order valence-corrected chi connectivity index (χ2v) is 8.75. The molecule has 2 aromatic rings. The summed E-state index contributed by atoms with van der Waals surface area (Å²) in [5, 5.41) is 1.99. The largest absolute Gasteiger partial charge is 0.398 e. The van der Waals surface area contributed by atoms with E-state index in [4.69, 9.17) is 5.73 Å². The molecule has 7 heteroatoms. The normalized spacial score (nSPS) is 13.5. The quantitative estimate of drug-likeness (QED) is 0.798. The van der Waals surface area contributed by atoms with Crippen LogP contribution in [0.15, 0.2) is 45.1 Å². The molecule has 21 heavy (non-hydrogen) atoms. The lowest BCUT2D eigenvalue weighted by Gasteiger charge is -2.24. The molecule has 0 aliphatic rings. The molecule has 1 heterocycles. The molecule has 2 rings (SSSR count). The van der Waals surface area contributed by atoms with Crippen molar-refractivity contribution in [1.29, 1.82) is 0 Å². The van der Waals surface area contributed by atoms with E-state index in [1.165, 1.54) is 10.4 Å². The van der Waals surface area contributed by atoms with Crippen LogP contribution in [0, 0.1) is 0 Å². The lowest BCUT2D eigenvalue weighted by atomic mass is 10.2. The van der Waals surface area contributed by atoms with Crippen molar-refractivity contribution in [2.24, 2.45) is 0 Å². The molecule has 0 fully saturated rings. The van der Waals surface area contributed by atoms with Crippen LogP contribution in [0.1, 0.15) is 11.8 Å². The van der Waals surface area contributed by atoms with Crippen molar-refractivity contribution in [3.63, 3.8) is 0 Å². The fourth-order valence-corrected chi connectivity index (χ4v) is 4.66. The first kappa shape index (κ1) is 16.5. The van der Waals surface area contributed by atoms with Crippen molar-refractivity contribution in [3.8, 4) is 0 Å². The van der Waals surface area contributed by atoms with E-state index in [0.717, 1.165) is 9.35 Å². The highest BCUT2D eigenvalue weighted by Gasteiger charge is 2.27. The summed E-state index contributed by atoms with van der Waals surface area (Å²) in [6, 6.07) is 8.65. The molecule has 2 N–H and O–H groups in total. The number of sulfonamides is 1. The Morgan fingerprint density at radius 2 is 2.10 bits per heavy atom. The van der Waals surface area contributed by atoms with E-state index in [2.05, 4.69) is 15.9 Å². The fraction of sp³-hybridized carbons (Fsp3) is 0.286. The molecule has 1 aromatic heterocycles. The van der Waals surface area contributed by atoms with E-state index in [9.17, 15) is 8.42 Å². The third kappa shape index (κ3) is 3.66. The zero-order valence-corrected chi connectivity index (χ0v) is 15.0. The van der Waals surface area contributed by atoms with Gasteiger partial charge in [-0.3, -0.25) is 0 Å². The number of anilines is 1. The standard InChI is InChI=1S/C14H17BrN2O2S2/c1-10(8-12-4-3-7-20-12)17(2)21(18,19)14-6-5-11(15)9-13(14)16/h3-7,9-10H,8,16H2,1-2H3. The topological polar surface area (TPSA) is 63.4 Å². The summed E-state index contributed by atoms with van der Waals surface area (Å²) in [7, 11) is -2.00. The first-order valence-corrected chi connectivity index (χ1v) is 9.49. The number of nitrogen functional groups attached to an aromatic ring is 1. The van der Waals surface area contributed by atoms with Crippen LogP contribution in [0.4, 0.5) is 5.69 Å². The summed E-state index contributed by atoms with van der Waals surface area (Å²) in [4.78, 5) is 1.31. The van der Waals surface area contributed by atoms with Gasteiger partial charge in [-0.2, -0.15) is 4.31 Å². The van der Waals surface area contributed by atoms with Crippen molar-refractivity contribution in [3.05, 3.63) is 45.1 Å². The monoisotopic (exact) mass is 388 g/mol. The summed E-state index contributed by atoms with van der Waals surface area (Å²) in [6.07, 6.45) is 0.684. The van der Waals surface area contributed by atoms with Gasteiger partial charge in [0, 0.05) is 22.4 Å². The van der Waals surface area contributed by atoms with Crippen LogP contribution in [-0.4, -0.2) is 25.8 Å². The van der Waals surface area contributed by atoms with Gasteiger partial charge < -0.3 is 5.73 Å². The maximum atomic E-state index is 12.7. The summed E-state index contributed by atoms with van der Waals surface area (Å²) < 4.78 is 27.5. The van der Waals surface area contributed by atoms with E-state index >= 15 is 0 Å². The van der Waals surface area contributed by atoms with Crippen LogP contribution in [0.2, 0.25) is 0 Å². The molecule has 0 saturated heterocycles. The van der Waals surface area contributed by atoms with E-state index in [-0.39, 0.29) is 16.6 Å². The Morgan fingerprint density at radius 3 is 2.67 bits per heavy atom.